The summed E-state index contributed by atoms with van der Waals surface area (Å²) in [5, 5.41) is 2.76. The van der Waals surface area contributed by atoms with Crippen molar-refractivity contribution in [2.24, 2.45) is 5.92 Å². The molecule has 3 rings (SSSR count). The Morgan fingerprint density at radius 3 is 2.49 bits per heavy atom. The number of hydrogen-bond donors (Lipinski definition) is 1. The summed E-state index contributed by atoms with van der Waals surface area (Å²) in [5.74, 6) is 0.934. The zero-order chi connectivity index (χ0) is 25.3. The molecule has 0 radical (unpaired) electrons. The van der Waals surface area contributed by atoms with E-state index in [1.54, 1.807) is 0 Å². The molecule has 0 bridgehead atoms. The van der Waals surface area contributed by atoms with Crippen LogP contribution in [0.15, 0.2) is 67.3 Å². The van der Waals surface area contributed by atoms with Crippen LogP contribution < -0.4 is 10.1 Å². The molecule has 2 atom stereocenters. The molecule has 0 aromatic heterocycles. The SMILES string of the molecule is C=CC[C@@H]1C[C@@H](COc2ccc(CNC(=O)OC(C)(C)C)cc2)N(CCCc2ccccc2)C1=O. The Hall–Kier alpha value is -3.28. The van der Waals surface area contributed by atoms with Gasteiger partial charge in [-0.15, -0.1) is 6.58 Å². The summed E-state index contributed by atoms with van der Waals surface area (Å²) in [4.78, 5) is 26.8. The second kappa shape index (κ2) is 12.4. The van der Waals surface area contributed by atoms with Crippen molar-refractivity contribution in [1.82, 2.24) is 10.2 Å². The van der Waals surface area contributed by atoms with Gasteiger partial charge in [-0.1, -0.05) is 48.5 Å². The standard InChI is InChI=1S/C29H38N2O4/c1-5-10-24-19-25(31(27(24)32)18-9-13-22-11-7-6-8-12-22)21-34-26-16-14-23(15-17-26)20-30-28(33)35-29(2,3)4/h5-8,11-12,14-17,24-25H,1,9-10,13,18-21H2,2-4H3,(H,30,33)/t24-,25+/m1/s1. The molecule has 0 saturated carbocycles. The van der Waals surface area contributed by atoms with Crippen molar-refractivity contribution in [3.8, 4) is 5.75 Å². The van der Waals surface area contributed by atoms with E-state index in [1.165, 1.54) is 5.56 Å². The van der Waals surface area contributed by atoms with Crippen LogP contribution in [0.1, 0.15) is 51.2 Å². The maximum atomic E-state index is 13.0. The average molecular weight is 479 g/mol. The van der Waals surface area contributed by atoms with E-state index in [4.69, 9.17) is 9.47 Å². The molecule has 6 nitrogen and oxygen atoms in total. The first kappa shape index (κ1) is 26.3. The van der Waals surface area contributed by atoms with Gasteiger partial charge in [-0.2, -0.15) is 0 Å². The van der Waals surface area contributed by atoms with Gasteiger partial charge in [0.15, 0.2) is 0 Å². The van der Waals surface area contributed by atoms with Gasteiger partial charge in [0, 0.05) is 19.0 Å². The molecule has 1 saturated heterocycles. The van der Waals surface area contributed by atoms with E-state index < -0.39 is 11.7 Å². The van der Waals surface area contributed by atoms with E-state index in [9.17, 15) is 9.59 Å². The number of hydrogen-bond acceptors (Lipinski definition) is 4. The Bertz CT molecular complexity index is 966. The van der Waals surface area contributed by atoms with Crippen LogP contribution in [0.3, 0.4) is 0 Å². The van der Waals surface area contributed by atoms with Crippen LogP contribution in [0.4, 0.5) is 4.79 Å². The number of allylic oxidation sites excluding steroid dienone is 1. The Labute approximate surface area is 209 Å². The number of ether oxygens (including phenoxy) is 2. The van der Waals surface area contributed by atoms with Gasteiger partial charge in [0.25, 0.3) is 0 Å². The first-order valence-corrected chi connectivity index (χ1v) is 12.4. The zero-order valence-electron chi connectivity index (χ0n) is 21.2. The van der Waals surface area contributed by atoms with Gasteiger partial charge >= 0.3 is 6.09 Å². The quantitative estimate of drug-likeness (QED) is 0.432. The van der Waals surface area contributed by atoms with Crippen LogP contribution >= 0.6 is 0 Å². The van der Waals surface area contributed by atoms with Crippen LogP contribution in [0.5, 0.6) is 5.75 Å². The fourth-order valence-electron chi connectivity index (χ4n) is 4.30. The number of alkyl carbamates (subject to hydrolysis) is 1. The van der Waals surface area contributed by atoms with Gasteiger partial charge < -0.3 is 19.7 Å². The number of nitrogens with one attached hydrogen (secondary N) is 1. The van der Waals surface area contributed by atoms with E-state index in [2.05, 4.69) is 24.0 Å². The highest BCUT2D eigenvalue weighted by Gasteiger charge is 2.38. The monoisotopic (exact) mass is 478 g/mol. The molecule has 1 aliphatic heterocycles. The first-order valence-electron chi connectivity index (χ1n) is 12.4. The molecule has 0 unspecified atom stereocenters. The minimum Gasteiger partial charge on any atom is -0.491 e. The van der Waals surface area contributed by atoms with Gasteiger partial charge in [-0.25, -0.2) is 4.79 Å². The van der Waals surface area contributed by atoms with E-state index in [0.29, 0.717) is 19.6 Å². The number of amides is 2. The predicted molar refractivity (Wildman–Crippen MR) is 138 cm³/mol. The molecule has 1 aliphatic rings. The third kappa shape index (κ3) is 8.46. The summed E-state index contributed by atoms with van der Waals surface area (Å²) in [6, 6.07) is 18.0. The fraction of sp³-hybridized carbons (Fsp3) is 0.448. The van der Waals surface area contributed by atoms with E-state index in [0.717, 1.165) is 37.1 Å². The van der Waals surface area contributed by atoms with Gasteiger partial charge in [0.2, 0.25) is 5.91 Å². The third-order valence-corrected chi connectivity index (χ3v) is 5.99. The second-order valence-corrected chi connectivity index (χ2v) is 10.0. The lowest BCUT2D eigenvalue weighted by Crippen LogP contribution is -2.38. The van der Waals surface area contributed by atoms with Crippen molar-refractivity contribution in [1.29, 1.82) is 0 Å². The molecular formula is C29H38N2O4. The highest BCUT2D eigenvalue weighted by molar-refractivity contribution is 5.81. The van der Waals surface area contributed by atoms with Crippen molar-refractivity contribution in [2.75, 3.05) is 13.2 Å². The molecule has 1 heterocycles. The van der Waals surface area contributed by atoms with Crippen molar-refractivity contribution >= 4 is 12.0 Å². The number of likely N-dealkylation sites (tertiary alicyclic amines) is 1. The lowest BCUT2D eigenvalue weighted by molar-refractivity contribution is -0.132. The predicted octanol–water partition coefficient (Wildman–Crippen LogP) is 5.52. The summed E-state index contributed by atoms with van der Waals surface area (Å²) in [6.45, 7) is 10.9. The Morgan fingerprint density at radius 2 is 1.83 bits per heavy atom. The van der Waals surface area contributed by atoms with Crippen LogP contribution in [-0.4, -0.2) is 41.7 Å². The molecule has 2 aromatic carbocycles. The lowest BCUT2D eigenvalue weighted by Gasteiger charge is -2.25. The van der Waals surface area contributed by atoms with Crippen molar-refractivity contribution in [2.45, 2.75) is 64.6 Å². The topological polar surface area (TPSA) is 67.9 Å². The molecule has 188 valence electrons. The highest BCUT2D eigenvalue weighted by Crippen LogP contribution is 2.29. The molecule has 2 amide bonds. The van der Waals surface area contributed by atoms with Crippen molar-refractivity contribution < 1.29 is 19.1 Å². The summed E-state index contributed by atoms with van der Waals surface area (Å²) < 4.78 is 11.3. The summed E-state index contributed by atoms with van der Waals surface area (Å²) in [5.41, 5.74) is 1.72. The van der Waals surface area contributed by atoms with Gasteiger partial charge in [-0.05, 0) is 69.7 Å². The first-order chi connectivity index (χ1) is 16.7. The number of carbonyl (C=O) groups is 2. The molecule has 2 aromatic rings. The summed E-state index contributed by atoms with van der Waals surface area (Å²) >= 11 is 0. The maximum Gasteiger partial charge on any atom is 0.407 e. The number of rotatable bonds is 11. The fourth-order valence-corrected chi connectivity index (χ4v) is 4.30. The van der Waals surface area contributed by atoms with E-state index >= 15 is 0 Å². The molecular weight excluding hydrogens is 440 g/mol. The molecule has 1 fully saturated rings. The van der Waals surface area contributed by atoms with Gasteiger partial charge in [-0.3, -0.25) is 4.79 Å². The minimum absolute atomic E-state index is 0.0147. The maximum absolute atomic E-state index is 13.0. The van der Waals surface area contributed by atoms with E-state index in [1.807, 2.05) is 74.2 Å². The number of nitrogens with zero attached hydrogens (tertiary/aromatic N) is 1. The van der Waals surface area contributed by atoms with Crippen molar-refractivity contribution in [3.63, 3.8) is 0 Å². The lowest BCUT2D eigenvalue weighted by atomic mass is 10.0. The normalized spacial score (nSPS) is 17.8. The summed E-state index contributed by atoms with van der Waals surface area (Å²) in [6.07, 6.45) is 4.75. The molecule has 0 spiro atoms. The average Bonchev–Trinajstić information content (AvgIpc) is 3.11. The molecule has 35 heavy (non-hydrogen) atoms. The summed E-state index contributed by atoms with van der Waals surface area (Å²) in [7, 11) is 0. The van der Waals surface area contributed by atoms with Crippen LogP contribution in [0.2, 0.25) is 0 Å². The Morgan fingerprint density at radius 1 is 1.11 bits per heavy atom. The van der Waals surface area contributed by atoms with Gasteiger partial charge in [0.05, 0.1) is 6.04 Å². The van der Waals surface area contributed by atoms with Crippen LogP contribution in [0.25, 0.3) is 0 Å². The Balaban J connectivity index is 1.51. The van der Waals surface area contributed by atoms with Gasteiger partial charge in [0.1, 0.15) is 18.0 Å². The Kier molecular flexibility index (Phi) is 9.35. The second-order valence-electron chi connectivity index (χ2n) is 10.0. The van der Waals surface area contributed by atoms with Crippen molar-refractivity contribution in [3.05, 3.63) is 78.4 Å². The molecule has 1 N–H and O–H groups in total. The smallest absolute Gasteiger partial charge is 0.407 e. The highest BCUT2D eigenvalue weighted by atomic mass is 16.6. The molecule has 0 aliphatic carbocycles. The third-order valence-electron chi connectivity index (χ3n) is 5.99. The zero-order valence-corrected chi connectivity index (χ0v) is 21.2. The largest absolute Gasteiger partial charge is 0.491 e. The number of carbonyl (C=O) groups excluding carboxylic acids is 2. The number of benzene rings is 2. The minimum atomic E-state index is -0.524. The number of aryl methyl sites for hydroxylation is 1. The molecule has 6 heteroatoms. The van der Waals surface area contributed by atoms with Crippen LogP contribution in [-0.2, 0) is 22.5 Å². The van der Waals surface area contributed by atoms with E-state index in [-0.39, 0.29) is 17.9 Å². The van der Waals surface area contributed by atoms with Crippen LogP contribution in [0, 0.1) is 5.92 Å².